The van der Waals surface area contributed by atoms with Crippen LogP contribution in [0.25, 0.3) is 16.2 Å². The van der Waals surface area contributed by atoms with Crippen molar-refractivity contribution in [3.63, 3.8) is 0 Å². The van der Waals surface area contributed by atoms with Crippen molar-refractivity contribution in [2.24, 2.45) is 0 Å². The van der Waals surface area contributed by atoms with Gasteiger partial charge in [-0.2, -0.15) is 0 Å². The molecule has 0 aliphatic rings. The van der Waals surface area contributed by atoms with Gasteiger partial charge in [-0.15, -0.1) is 11.3 Å². The summed E-state index contributed by atoms with van der Waals surface area (Å²) in [5.41, 5.74) is 3.76. The Hall–Kier alpha value is -2.63. The van der Waals surface area contributed by atoms with E-state index in [1.165, 1.54) is 11.3 Å². The highest BCUT2D eigenvalue weighted by molar-refractivity contribution is 7.15. The van der Waals surface area contributed by atoms with Crippen molar-refractivity contribution in [1.82, 2.24) is 9.38 Å². The number of nitrogens with zero attached hydrogens (tertiary/aromatic N) is 2. The number of aryl methyl sites for hydroxylation is 1. The van der Waals surface area contributed by atoms with E-state index in [9.17, 15) is 4.79 Å². The molecule has 0 fully saturated rings. The molecule has 2 aromatic carbocycles. The fourth-order valence-electron chi connectivity index (χ4n) is 2.81. The van der Waals surface area contributed by atoms with Crippen molar-refractivity contribution >= 4 is 34.2 Å². The number of hydrogen-bond acceptors (Lipinski definition) is 4. The van der Waals surface area contributed by atoms with Crippen LogP contribution in [0.15, 0.2) is 54.0 Å². The van der Waals surface area contributed by atoms with Gasteiger partial charge in [0.25, 0.3) is 0 Å². The van der Waals surface area contributed by atoms with Gasteiger partial charge in [-0.3, -0.25) is 9.20 Å². The molecule has 0 aliphatic carbocycles. The van der Waals surface area contributed by atoms with Crippen LogP contribution in [0.2, 0.25) is 5.02 Å². The van der Waals surface area contributed by atoms with Gasteiger partial charge in [0, 0.05) is 22.2 Å². The summed E-state index contributed by atoms with van der Waals surface area (Å²) in [4.78, 5) is 17.1. The summed E-state index contributed by atoms with van der Waals surface area (Å²) in [5.74, 6) is 0.657. The molecule has 0 atom stereocenters. The highest BCUT2D eigenvalue weighted by Crippen LogP contribution is 2.37. The summed E-state index contributed by atoms with van der Waals surface area (Å²) in [6, 6.07) is 13.6. The summed E-state index contributed by atoms with van der Waals surface area (Å²) < 4.78 is 7.84. The predicted molar refractivity (Wildman–Crippen MR) is 104 cm³/mol. The van der Waals surface area contributed by atoms with Gasteiger partial charge >= 0.3 is 0 Å². The molecule has 0 saturated heterocycles. The van der Waals surface area contributed by atoms with E-state index in [2.05, 4.69) is 4.98 Å². The molecule has 0 amide bonds. The Kier molecular flexibility index (Phi) is 4.49. The molecule has 0 N–H and O–H groups in total. The van der Waals surface area contributed by atoms with Crippen molar-refractivity contribution in [2.75, 3.05) is 0 Å². The number of carbonyl (C=O) groups excluding carboxylic acids is 1. The molecule has 130 valence electrons. The maximum atomic E-state index is 11.7. The maximum absolute atomic E-state index is 11.7. The third-order valence-corrected chi connectivity index (χ3v) is 5.33. The number of aromatic nitrogens is 2. The van der Waals surface area contributed by atoms with Gasteiger partial charge in [0.2, 0.25) is 0 Å². The SMILES string of the molecule is Cc1cc(OCc2ccccc2)c(-c2nc3sccn3c2C=O)cc1Cl. The zero-order valence-corrected chi connectivity index (χ0v) is 15.6. The molecule has 0 saturated carbocycles. The first-order chi connectivity index (χ1) is 12.7. The Balaban J connectivity index is 1.80. The van der Waals surface area contributed by atoms with Crippen LogP contribution >= 0.6 is 22.9 Å². The van der Waals surface area contributed by atoms with Crippen LogP contribution in [0.5, 0.6) is 5.75 Å². The van der Waals surface area contributed by atoms with Crippen LogP contribution in [-0.2, 0) is 6.61 Å². The minimum Gasteiger partial charge on any atom is -0.488 e. The standard InChI is InChI=1S/C20H15ClN2O2S/c1-13-9-18(25-12-14-5-3-2-4-6-14)15(10-16(13)21)19-17(11-24)23-7-8-26-20(23)22-19/h2-11H,12H2,1H3. The third kappa shape index (κ3) is 3.00. The van der Waals surface area contributed by atoms with Crippen molar-refractivity contribution < 1.29 is 9.53 Å². The Morgan fingerprint density at radius 3 is 2.85 bits per heavy atom. The van der Waals surface area contributed by atoms with Crippen LogP contribution in [0, 0.1) is 6.92 Å². The minimum atomic E-state index is 0.424. The number of benzene rings is 2. The maximum Gasteiger partial charge on any atom is 0.194 e. The first-order valence-corrected chi connectivity index (χ1v) is 9.31. The van der Waals surface area contributed by atoms with Crippen LogP contribution in [0.4, 0.5) is 0 Å². The summed E-state index contributed by atoms with van der Waals surface area (Å²) >= 11 is 7.82. The largest absolute Gasteiger partial charge is 0.488 e. The van der Waals surface area contributed by atoms with Gasteiger partial charge in [-0.1, -0.05) is 41.9 Å². The second-order valence-corrected chi connectivity index (χ2v) is 7.17. The van der Waals surface area contributed by atoms with E-state index in [1.54, 1.807) is 4.40 Å². The number of carbonyl (C=O) groups is 1. The van der Waals surface area contributed by atoms with E-state index >= 15 is 0 Å². The second kappa shape index (κ2) is 6.94. The molecule has 26 heavy (non-hydrogen) atoms. The van der Waals surface area contributed by atoms with E-state index in [0.717, 1.165) is 27.9 Å². The molecular formula is C20H15ClN2O2S. The number of halogens is 1. The molecule has 0 unspecified atom stereocenters. The van der Waals surface area contributed by atoms with Gasteiger partial charge < -0.3 is 4.74 Å². The van der Waals surface area contributed by atoms with Crippen LogP contribution in [0.1, 0.15) is 21.6 Å². The monoisotopic (exact) mass is 382 g/mol. The smallest absolute Gasteiger partial charge is 0.194 e. The van der Waals surface area contributed by atoms with E-state index in [-0.39, 0.29) is 0 Å². The van der Waals surface area contributed by atoms with E-state index in [1.807, 2.05) is 61.0 Å². The molecule has 4 nitrogen and oxygen atoms in total. The second-order valence-electron chi connectivity index (χ2n) is 5.89. The molecule has 2 aromatic heterocycles. The van der Waals surface area contributed by atoms with E-state index in [4.69, 9.17) is 16.3 Å². The summed E-state index contributed by atoms with van der Waals surface area (Å²) in [6.07, 6.45) is 2.65. The summed E-state index contributed by atoms with van der Waals surface area (Å²) in [6.45, 7) is 2.35. The number of ether oxygens (including phenoxy) is 1. The average Bonchev–Trinajstić information content (AvgIpc) is 3.24. The summed E-state index contributed by atoms with van der Waals surface area (Å²) in [7, 11) is 0. The van der Waals surface area contributed by atoms with Gasteiger partial charge in [-0.05, 0) is 30.2 Å². The van der Waals surface area contributed by atoms with Gasteiger partial charge in [0.1, 0.15) is 23.7 Å². The lowest BCUT2D eigenvalue weighted by atomic mass is 10.1. The van der Waals surface area contributed by atoms with Gasteiger partial charge in [0.15, 0.2) is 11.2 Å². The topological polar surface area (TPSA) is 43.6 Å². The molecule has 4 aromatic rings. The van der Waals surface area contributed by atoms with Crippen molar-refractivity contribution in [3.8, 4) is 17.0 Å². The van der Waals surface area contributed by atoms with Crippen molar-refractivity contribution in [2.45, 2.75) is 13.5 Å². The quantitative estimate of drug-likeness (QED) is 0.433. The zero-order valence-electron chi connectivity index (χ0n) is 14.0. The van der Waals surface area contributed by atoms with Crippen LogP contribution in [0.3, 0.4) is 0 Å². The fraction of sp³-hybridized carbons (Fsp3) is 0.100. The first kappa shape index (κ1) is 16.8. The molecule has 0 radical (unpaired) electrons. The lowest BCUT2D eigenvalue weighted by molar-refractivity contribution is 0.111. The molecule has 0 spiro atoms. The molecule has 4 rings (SSSR count). The summed E-state index contributed by atoms with van der Waals surface area (Å²) in [5, 5.41) is 2.51. The molecule has 0 bridgehead atoms. The lowest BCUT2D eigenvalue weighted by Crippen LogP contribution is -1.99. The molecule has 6 heteroatoms. The molecule has 2 heterocycles. The molecular weight excluding hydrogens is 368 g/mol. The lowest BCUT2D eigenvalue weighted by Gasteiger charge is -2.13. The van der Waals surface area contributed by atoms with Crippen LogP contribution < -0.4 is 4.74 Å². The van der Waals surface area contributed by atoms with Crippen molar-refractivity contribution in [3.05, 3.63) is 75.9 Å². The zero-order chi connectivity index (χ0) is 18.1. The Morgan fingerprint density at radius 2 is 2.08 bits per heavy atom. The third-order valence-electron chi connectivity index (χ3n) is 4.16. The number of hydrogen-bond donors (Lipinski definition) is 0. The number of aldehydes is 1. The van der Waals surface area contributed by atoms with Crippen molar-refractivity contribution in [1.29, 1.82) is 0 Å². The fourth-order valence-corrected chi connectivity index (χ4v) is 3.69. The van der Waals surface area contributed by atoms with Crippen LogP contribution in [-0.4, -0.2) is 15.7 Å². The first-order valence-electron chi connectivity index (χ1n) is 8.05. The van der Waals surface area contributed by atoms with E-state index in [0.29, 0.717) is 28.8 Å². The highest BCUT2D eigenvalue weighted by atomic mass is 35.5. The van der Waals surface area contributed by atoms with Gasteiger partial charge in [0.05, 0.1) is 0 Å². The number of fused-ring (bicyclic) bond motifs is 1. The predicted octanol–water partition coefficient (Wildman–Crippen LogP) is 5.42. The number of imidazole rings is 1. The Labute approximate surface area is 159 Å². The van der Waals surface area contributed by atoms with E-state index < -0.39 is 0 Å². The normalized spacial score (nSPS) is 11.0. The number of thiazole rings is 1. The van der Waals surface area contributed by atoms with Gasteiger partial charge in [-0.25, -0.2) is 4.98 Å². The Bertz CT molecular complexity index is 1090. The number of rotatable bonds is 5. The highest BCUT2D eigenvalue weighted by Gasteiger charge is 2.19. The minimum absolute atomic E-state index is 0.424. The molecule has 0 aliphatic heterocycles. The average molecular weight is 383 g/mol. The Morgan fingerprint density at radius 1 is 1.27 bits per heavy atom.